The summed E-state index contributed by atoms with van der Waals surface area (Å²) in [4.78, 5) is 2.56. The van der Waals surface area contributed by atoms with Gasteiger partial charge in [-0.15, -0.1) is 0 Å². The number of ether oxygens (including phenoxy) is 1. The van der Waals surface area contributed by atoms with E-state index in [-0.39, 0.29) is 18.1 Å². The highest BCUT2D eigenvalue weighted by atomic mass is 32.2. The minimum absolute atomic E-state index is 0.0860. The van der Waals surface area contributed by atoms with Crippen LogP contribution < -0.4 is 4.74 Å². The lowest BCUT2D eigenvalue weighted by Crippen LogP contribution is -2.48. The van der Waals surface area contributed by atoms with Crippen molar-refractivity contribution in [1.29, 1.82) is 0 Å². The normalized spacial score (nSPS) is 28.3. The van der Waals surface area contributed by atoms with Crippen LogP contribution in [0.4, 0.5) is 0 Å². The number of likely N-dealkylation sites (tertiary alicyclic amines) is 1. The Balaban J connectivity index is 2.09. The molecule has 0 amide bonds. The Morgan fingerprint density at radius 2 is 1.91 bits per heavy atom. The van der Waals surface area contributed by atoms with Gasteiger partial charge in [-0.05, 0) is 44.5 Å². The van der Waals surface area contributed by atoms with Gasteiger partial charge in [-0.3, -0.25) is 0 Å². The Kier molecular flexibility index (Phi) is 4.67. The van der Waals surface area contributed by atoms with Crippen LogP contribution in [0.15, 0.2) is 29.2 Å². The van der Waals surface area contributed by atoms with Crippen LogP contribution in [0, 0.1) is 5.92 Å². The summed E-state index contributed by atoms with van der Waals surface area (Å²) in [6.07, 6.45) is 1.57. The van der Waals surface area contributed by atoms with Gasteiger partial charge in [0, 0.05) is 13.1 Å². The van der Waals surface area contributed by atoms with Crippen molar-refractivity contribution in [2.75, 3.05) is 26.7 Å². The summed E-state index contributed by atoms with van der Waals surface area (Å²) < 4.78 is 34.4. The highest BCUT2D eigenvalue weighted by Gasteiger charge is 2.42. The van der Waals surface area contributed by atoms with Gasteiger partial charge in [-0.2, -0.15) is 4.31 Å². The van der Waals surface area contributed by atoms with E-state index in [1.165, 1.54) is 0 Å². The maximum atomic E-state index is 13.2. The number of rotatable bonds is 2. The third-order valence-corrected chi connectivity index (χ3v) is 6.59. The Hall–Kier alpha value is -1.11. The highest BCUT2D eigenvalue weighted by molar-refractivity contribution is 7.89. The van der Waals surface area contributed by atoms with Gasteiger partial charge in [-0.25, -0.2) is 8.42 Å². The first-order chi connectivity index (χ1) is 10.9. The maximum Gasteiger partial charge on any atom is 0.247 e. The fourth-order valence-electron chi connectivity index (χ4n) is 3.48. The van der Waals surface area contributed by atoms with Crippen molar-refractivity contribution in [1.82, 2.24) is 9.21 Å². The molecule has 1 aromatic carbocycles. The second-order valence-electron chi connectivity index (χ2n) is 7.02. The molecule has 3 rings (SSSR count). The molecule has 0 aromatic heterocycles. The minimum Gasteiger partial charge on any atom is -0.487 e. The van der Waals surface area contributed by atoms with E-state index in [0.717, 1.165) is 25.9 Å². The van der Waals surface area contributed by atoms with Crippen molar-refractivity contribution in [2.45, 2.75) is 43.7 Å². The van der Waals surface area contributed by atoms with Crippen LogP contribution >= 0.6 is 0 Å². The summed E-state index contributed by atoms with van der Waals surface area (Å²) in [6, 6.07) is 6.94. The monoisotopic (exact) mass is 338 g/mol. The van der Waals surface area contributed by atoms with Crippen LogP contribution in [0.3, 0.4) is 0 Å². The zero-order valence-electron chi connectivity index (χ0n) is 14.1. The topological polar surface area (TPSA) is 49.9 Å². The Labute approximate surface area is 139 Å². The van der Waals surface area contributed by atoms with Crippen LogP contribution in [0.25, 0.3) is 0 Å². The van der Waals surface area contributed by atoms with Gasteiger partial charge in [0.2, 0.25) is 10.0 Å². The molecule has 2 atom stereocenters. The van der Waals surface area contributed by atoms with Crippen molar-refractivity contribution < 1.29 is 13.2 Å². The fourth-order valence-corrected chi connectivity index (χ4v) is 5.44. The lowest BCUT2D eigenvalue weighted by atomic mass is 10.0. The first kappa shape index (κ1) is 16.7. The molecule has 0 spiro atoms. The lowest BCUT2D eigenvalue weighted by Gasteiger charge is -2.32. The summed E-state index contributed by atoms with van der Waals surface area (Å²) in [5.74, 6) is 0.773. The second-order valence-corrected chi connectivity index (χ2v) is 8.88. The third kappa shape index (κ3) is 3.25. The van der Waals surface area contributed by atoms with Gasteiger partial charge < -0.3 is 9.64 Å². The molecule has 1 fully saturated rings. The molecule has 0 bridgehead atoms. The summed E-state index contributed by atoms with van der Waals surface area (Å²) in [5, 5.41) is 0. The van der Waals surface area contributed by atoms with E-state index >= 15 is 0 Å². The van der Waals surface area contributed by atoms with E-state index < -0.39 is 10.0 Å². The first-order valence-corrected chi connectivity index (χ1v) is 9.79. The van der Waals surface area contributed by atoms with Gasteiger partial charge in [0.05, 0.1) is 6.04 Å². The van der Waals surface area contributed by atoms with Gasteiger partial charge in [0.1, 0.15) is 16.7 Å². The van der Waals surface area contributed by atoms with E-state index in [2.05, 4.69) is 25.8 Å². The maximum absolute atomic E-state index is 13.2. The molecule has 0 unspecified atom stereocenters. The van der Waals surface area contributed by atoms with Crippen LogP contribution in [0.1, 0.15) is 26.7 Å². The molecule has 1 aromatic rings. The number of hydrogen-bond donors (Lipinski definition) is 0. The zero-order chi connectivity index (χ0) is 16.6. The summed E-state index contributed by atoms with van der Waals surface area (Å²) in [7, 11) is -1.44. The van der Waals surface area contributed by atoms with E-state index in [1.807, 2.05) is 6.07 Å². The molecule has 128 valence electrons. The average Bonchev–Trinajstić information content (AvgIpc) is 2.71. The second kappa shape index (κ2) is 6.42. The predicted molar refractivity (Wildman–Crippen MR) is 90.1 cm³/mol. The van der Waals surface area contributed by atoms with Crippen molar-refractivity contribution >= 4 is 10.0 Å². The summed E-state index contributed by atoms with van der Waals surface area (Å²) in [6.45, 7) is 6.48. The van der Waals surface area contributed by atoms with E-state index in [0.29, 0.717) is 17.2 Å². The fraction of sp³-hybridized carbons (Fsp3) is 0.647. The number of sulfonamides is 1. The molecule has 2 aliphatic heterocycles. The summed E-state index contributed by atoms with van der Waals surface area (Å²) >= 11 is 0. The first-order valence-electron chi connectivity index (χ1n) is 8.35. The Morgan fingerprint density at radius 1 is 1.22 bits per heavy atom. The Morgan fingerprint density at radius 3 is 2.65 bits per heavy atom. The number of fused-ring (bicyclic) bond motifs is 2. The van der Waals surface area contributed by atoms with Gasteiger partial charge in [0.25, 0.3) is 0 Å². The number of para-hydroxylation sites is 1. The van der Waals surface area contributed by atoms with Crippen molar-refractivity contribution in [3.05, 3.63) is 24.3 Å². The van der Waals surface area contributed by atoms with Crippen molar-refractivity contribution in [3.63, 3.8) is 0 Å². The van der Waals surface area contributed by atoms with E-state index in [1.54, 1.807) is 22.5 Å². The summed E-state index contributed by atoms with van der Waals surface area (Å²) in [5.41, 5.74) is 0. The largest absolute Gasteiger partial charge is 0.487 e. The molecule has 0 N–H and O–H groups in total. The van der Waals surface area contributed by atoms with Crippen molar-refractivity contribution in [2.24, 2.45) is 5.92 Å². The molecule has 2 heterocycles. The molecule has 2 aliphatic rings. The average molecular weight is 338 g/mol. The molecule has 0 saturated carbocycles. The molecular weight excluding hydrogens is 312 g/mol. The van der Waals surface area contributed by atoms with E-state index in [9.17, 15) is 8.42 Å². The van der Waals surface area contributed by atoms with Crippen molar-refractivity contribution in [3.8, 4) is 5.75 Å². The highest BCUT2D eigenvalue weighted by Crippen LogP contribution is 2.36. The van der Waals surface area contributed by atoms with Crippen LogP contribution in [0.2, 0.25) is 0 Å². The molecule has 1 saturated heterocycles. The predicted octanol–water partition coefficient (Wildman–Crippen LogP) is 2.19. The minimum atomic E-state index is -3.53. The SMILES string of the molecule is CC(C)CN1[C@H]2CCN(C)CC[C@@H]2Oc2ccccc2S1(=O)=O. The smallest absolute Gasteiger partial charge is 0.247 e. The van der Waals surface area contributed by atoms with Crippen LogP contribution in [0.5, 0.6) is 5.75 Å². The quantitative estimate of drug-likeness (QED) is 0.829. The third-order valence-electron chi connectivity index (χ3n) is 4.66. The zero-order valence-corrected chi connectivity index (χ0v) is 14.9. The van der Waals surface area contributed by atoms with Gasteiger partial charge >= 0.3 is 0 Å². The number of hydrogen-bond acceptors (Lipinski definition) is 4. The van der Waals surface area contributed by atoms with Crippen LogP contribution in [-0.4, -0.2) is 56.5 Å². The van der Waals surface area contributed by atoms with Crippen LogP contribution in [-0.2, 0) is 10.0 Å². The van der Waals surface area contributed by atoms with Gasteiger partial charge in [0.15, 0.2) is 0 Å². The molecule has 6 heteroatoms. The molecule has 5 nitrogen and oxygen atoms in total. The van der Waals surface area contributed by atoms with E-state index in [4.69, 9.17) is 4.74 Å². The lowest BCUT2D eigenvalue weighted by molar-refractivity contribution is 0.108. The molecule has 23 heavy (non-hydrogen) atoms. The molecular formula is C17H26N2O3S. The Bertz CT molecular complexity index is 660. The number of benzene rings is 1. The number of nitrogens with zero attached hydrogens (tertiary/aromatic N) is 2. The molecule has 0 aliphatic carbocycles. The molecule has 0 radical (unpaired) electrons. The van der Waals surface area contributed by atoms with Gasteiger partial charge in [-0.1, -0.05) is 26.0 Å². The standard InChI is InChI=1S/C17H26N2O3S/c1-13(2)12-19-14-8-10-18(3)11-9-15(14)22-16-6-4-5-7-17(16)23(19,20)21/h4-7,13-15H,8-12H2,1-3H3/t14-,15-/m0/s1.